The Bertz CT molecular complexity index is 594. The average molecular weight is 367 g/mol. The van der Waals surface area contributed by atoms with E-state index >= 15 is 0 Å². The highest BCUT2D eigenvalue weighted by molar-refractivity contribution is 5.70. The summed E-state index contributed by atoms with van der Waals surface area (Å²) >= 11 is 0. The zero-order valence-electron chi connectivity index (χ0n) is 10.5. The first-order valence-corrected chi connectivity index (χ1v) is 5.84. The third-order valence-corrected chi connectivity index (χ3v) is 2.87. The monoisotopic (exact) mass is 367 g/mol. The normalized spacial score (nSPS) is 12.5. The van der Waals surface area contributed by atoms with E-state index in [1.54, 1.807) is 0 Å². The van der Waals surface area contributed by atoms with Gasteiger partial charge in [0, 0.05) is 12.1 Å². The van der Waals surface area contributed by atoms with E-state index in [2.05, 4.69) is 24.3 Å². The van der Waals surface area contributed by atoms with E-state index in [0.29, 0.717) is 6.79 Å². The van der Waals surface area contributed by atoms with E-state index in [9.17, 15) is 0 Å². The van der Waals surface area contributed by atoms with Crippen LogP contribution in [0.5, 0.6) is 11.5 Å². The van der Waals surface area contributed by atoms with Gasteiger partial charge in [-0.05, 0) is 23.3 Å². The second kappa shape index (κ2) is 6.06. The van der Waals surface area contributed by atoms with E-state index in [1.165, 1.54) is 5.56 Å². The quantitative estimate of drug-likeness (QED) is 0.524. The van der Waals surface area contributed by atoms with Crippen LogP contribution in [-0.2, 0) is 7.05 Å². The fourth-order valence-corrected chi connectivity index (χ4v) is 1.83. The molecule has 0 saturated carbocycles. The van der Waals surface area contributed by atoms with Gasteiger partial charge >= 0.3 is 0 Å². The maximum Gasteiger partial charge on any atom is 0.231 e. The molecule has 4 heteroatoms. The largest absolute Gasteiger partial charge is 1.00 e. The molecular weight excluding hydrogens is 353 g/mol. The fourth-order valence-electron chi connectivity index (χ4n) is 1.83. The first kappa shape index (κ1) is 13.9. The Balaban J connectivity index is 0.00000133. The van der Waals surface area contributed by atoms with Crippen molar-refractivity contribution in [2.45, 2.75) is 0 Å². The molecule has 0 bridgehead atoms. The van der Waals surface area contributed by atoms with E-state index in [4.69, 9.17) is 9.47 Å². The Kier molecular flexibility index (Phi) is 4.42. The van der Waals surface area contributed by atoms with E-state index in [0.717, 1.165) is 17.1 Å². The van der Waals surface area contributed by atoms with Gasteiger partial charge in [0.2, 0.25) is 6.79 Å². The van der Waals surface area contributed by atoms with Crippen molar-refractivity contribution in [2.75, 3.05) is 6.79 Å². The van der Waals surface area contributed by atoms with E-state index in [1.807, 2.05) is 42.2 Å². The molecule has 1 aliphatic heterocycles. The SMILES string of the molecule is C[n+]1ccc(C=Cc2ccc3c(c2)OCO3)cc1.[I-]. The number of aromatic nitrogens is 1. The molecule has 1 aromatic carbocycles. The van der Waals surface area contributed by atoms with Crippen LogP contribution >= 0.6 is 0 Å². The zero-order chi connectivity index (χ0) is 12.4. The van der Waals surface area contributed by atoms with Crippen LogP contribution in [0.4, 0.5) is 0 Å². The van der Waals surface area contributed by atoms with Crippen LogP contribution < -0.4 is 38.0 Å². The van der Waals surface area contributed by atoms with Crippen LogP contribution in [0, 0.1) is 0 Å². The van der Waals surface area contributed by atoms with E-state index < -0.39 is 0 Å². The first-order valence-electron chi connectivity index (χ1n) is 5.84. The van der Waals surface area contributed by atoms with Crippen molar-refractivity contribution in [3.63, 3.8) is 0 Å². The summed E-state index contributed by atoms with van der Waals surface area (Å²) in [5.74, 6) is 1.63. The Morgan fingerprint density at radius 3 is 2.42 bits per heavy atom. The number of fused-ring (bicyclic) bond motifs is 1. The summed E-state index contributed by atoms with van der Waals surface area (Å²) in [6, 6.07) is 10.1. The predicted octanol–water partition coefficient (Wildman–Crippen LogP) is -0.586. The Morgan fingerprint density at radius 1 is 0.947 bits per heavy atom. The number of aryl methyl sites for hydroxylation is 1. The molecule has 0 fully saturated rings. The summed E-state index contributed by atoms with van der Waals surface area (Å²) < 4.78 is 12.6. The standard InChI is InChI=1S/C15H14NO2.HI/c1-16-8-6-12(7-9-16)2-3-13-4-5-14-15(10-13)18-11-17-14;/h2-10H,11H2,1H3;1H/q+1;/p-1. The van der Waals surface area contributed by atoms with Crippen LogP contribution in [0.2, 0.25) is 0 Å². The second-order valence-corrected chi connectivity index (χ2v) is 4.24. The van der Waals surface area contributed by atoms with Crippen LogP contribution in [0.3, 0.4) is 0 Å². The molecule has 1 aliphatic rings. The van der Waals surface area contributed by atoms with Crippen LogP contribution in [0.25, 0.3) is 12.2 Å². The molecular formula is C15H14INO2. The van der Waals surface area contributed by atoms with Crippen molar-refractivity contribution in [1.29, 1.82) is 0 Å². The molecule has 1 aromatic heterocycles. The van der Waals surface area contributed by atoms with Crippen molar-refractivity contribution in [1.82, 2.24) is 0 Å². The van der Waals surface area contributed by atoms with E-state index in [-0.39, 0.29) is 24.0 Å². The summed E-state index contributed by atoms with van der Waals surface area (Å²) in [6.45, 7) is 0.317. The van der Waals surface area contributed by atoms with Gasteiger partial charge in [-0.1, -0.05) is 18.2 Å². The van der Waals surface area contributed by atoms with Crippen LogP contribution in [-0.4, -0.2) is 6.79 Å². The average Bonchev–Trinajstić information content (AvgIpc) is 2.85. The molecule has 98 valence electrons. The van der Waals surface area contributed by atoms with Crippen molar-refractivity contribution in [3.8, 4) is 11.5 Å². The van der Waals surface area contributed by atoms with Gasteiger partial charge in [-0.3, -0.25) is 0 Å². The summed E-state index contributed by atoms with van der Waals surface area (Å²) in [4.78, 5) is 0. The molecule has 0 N–H and O–H groups in total. The number of pyridine rings is 1. The van der Waals surface area contributed by atoms with Gasteiger partial charge in [-0.25, -0.2) is 4.57 Å². The molecule has 2 aromatic rings. The van der Waals surface area contributed by atoms with Gasteiger partial charge in [0.25, 0.3) is 0 Å². The zero-order valence-corrected chi connectivity index (χ0v) is 12.7. The molecule has 0 atom stereocenters. The predicted molar refractivity (Wildman–Crippen MR) is 69.1 cm³/mol. The summed E-state index contributed by atoms with van der Waals surface area (Å²) in [5.41, 5.74) is 2.28. The van der Waals surface area contributed by atoms with Gasteiger partial charge in [0.05, 0.1) is 0 Å². The lowest BCUT2D eigenvalue weighted by Gasteiger charge is -1.97. The summed E-state index contributed by atoms with van der Waals surface area (Å²) in [7, 11) is 2.01. The lowest BCUT2D eigenvalue weighted by Crippen LogP contribution is -3.00. The molecule has 0 unspecified atom stereocenters. The highest BCUT2D eigenvalue weighted by Gasteiger charge is 2.11. The number of hydrogen-bond donors (Lipinski definition) is 0. The summed E-state index contributed by atoms with van der Waals surface area (Å²) in [6.07, 6.45) is 8.20. The highest BCUT2D eigenvalue weighted by Crippen LogP contribution is 2.32. The molecule has 0 spiro atoms. The molecule has 0 saturated heterocycles. The number of rotatable bonds is 2. The molecule has 0 amide bonds. The maximum atomic E-state index is 5.35. The van der Waals surface area contributed by atoms with Crippen molar-refractivity contribution in [3.05, 3.63) is 53.9 Å². The number of nitrogens with zero attached hydrogens (tertiary/aromatic N) is 1. The van der Waals surface area contributed by atoms with Crippen molar-refractivity contribution < 1.29 is 38.0 Å². The minimum absolute atomic E-state index is 0. The number of hydrogen-bond acceptors (Lipinski definition) is 2. The van der Waals surface area contributed by atoms with Gasteiger partial charge in [0.1, 0.15) is 7.05 Å². The Morgan fingerprint density at radius 2 is 1.63 bits per heavy atom. The Labute approximate surface area is 129 Å². The van der Waals surface area contributed by atoms with Crippen LogP contribution in [0.15, 0.2) is 42.7 Å². The van der Waals surface area contributed by atoms with Crippen LogP contribution in [0.1, 0.15) is 11.1 Å². The lowest BCUT2D eigenvalue weighted by molar-refractivity contribution is -0.671. The molecule has 2 heterocycles. The molecule has 0 aliphatic carbocycles. The Hall–Kier alpha value is -1.56. The maximum absolute atomic E-state index is 5.35. The second-order valence-electron chi connectivity index (χ2n) is 4.24. The molecule has 3 nitrogen and oxygen atoms in total. The number of benzene rings is 1. The number of halogens is 1. The first-order chi connectivity index (χ1) is 8.81. The minimum atomic E-state index is 0. The van der Waals surface area contributed by atoms with Crippen molar-refractivity contribution >= 4 is 12.2 Å². The third kappa shape index (κ3) is 3.26. The highest BCUT2D eigenvalue weighted by atomic mass is 127. The molecule has 3 rings (SSSR count). The third-order valence-electron chi connectivity index (χ3n) is 2.87. The van der Waals surface area contributed by atoms with Gasteiger partial charge < -0.3 is 33.5 Å². The van der Waals surface area contributed by atoms with Crippen molar-refractivity contribution in [2.24, 2.45) is 7.05 Å². The smallest absolute Gasteiger partial charge is 0.231 e. The molecule has 0 radical (unpaired) electrons. The van der Waals surface area contributed by atoms with Gasteiger partial charge in [-0.15, -0.1) is 0 Å². The number of ether oxygens (including phenoxy) is 2. The van der Waals surface area contributed by atoms with Gasteiger partial charge in [-0.2, -0.15) is 0 Å². The summed E-state index contributed by atoms with van der Waals surface area (Å²) in [5, 5.41) is 0. The minimum Gasteiger partial charge on any atom is -1.00 e. The molecule has 19 heavy (non-hydrogen) atoms. The lowest BCUT2D eigenvalue weighted by atomic mass is 10.1. The fraction of sp³-hybridized carbons (Fsp3) is 0.133. The topological polar surface area (TPSA) is 22.3 Å². The van der Waals surface area contributed by atoms with Gasteiger partial charge in [0.15, 0.2) is 23.9 Å².